The molecule has 7 nitrogen and oxygen atoms in total. The Kier molecular flexibility index (Phi) is 10.7. The van der Waals surface area contributed by atoms with Gasteiger partial charge in [0, 0.05) is 12.6 Å². The maximum Gasteiger partial charge on any atom is 0.244 e. The summed E-state index contributed by atoms with van der Waals surface area (Å²) in [6, 6.07) is 16.3. The number of rotatable bonds is 12. The van der Waals surface area contributed by atoms with Crippen LogP contribution < -0.4 is 9.62 Å². The molecule has 0 heterocycles. The van der Waals surface area contributed by atoms with E-state index in [4.69, 9.17) is 0 Å². The Bertz CT molecular complexity index is 1130. The average Bonchev–Trinajstić information content (AvgIpc) is 2.84. The van der Waals surface area contributed by atoms with Crippen molar-refractivity contribution in [1.29, 1.82) is 0 Å². The fourth-order valence-electron chi connectivity index (χ4n) is 4.08. The van der Waals surface area contributed by atoms with Gasteiger partial charge in [0.1, 0.15) is 12.6 Å². The second kappa shape index (κ2) is 13.1. The molecular weight excluding hydrogens is 486 g/mol. The van der Waals surface area contributed by atoms with Crippen molar-refractivity contribution in [2.24, 2.45) is 0 Å². The van der Waals surface area contributed by atoms with E-state index in [1.54, 1.807) is 12.1 Å². The molecule has 204 valence electrons. The van der Waals surface area contributed by atoms with Gasteiger partial charge >= 0.3 is 0 Å². The van der Waals surface area contributed by atoms with Gasteiger partial charge in [-0.25, -0.2) is 8.42 Å². The van der Waals surface area contributed by atoms with Crippen molar-refractivity contribution < 1.29 is 18.0 Å². The summed E-state index contributed by atoms with van der Waals surface area (Å²) >= 11 is 0. The van der Waals surface area contributed by atoms with Crippen LogP contribution in [0, 0.1) is 0 Å². The van der Waals surface area contributed by atoms with Crippen molar-refractivity contribution in [3.63, 3.8) is 0 Å². The van der Waals surface area contributed by atoms with Crippen LogP contribution in [0.5, 0.6) is 0 Å². The number of carbonyl (C=O) groups is 2. The average molecular weight is 530 g/mol. The van der Waals surface area contributed by atoms with Gasteiger partial charge < -0.3 is 10.2 Å². The lowest BCUT2D eigenvalue weighted by molar-refractivity contribution is -0.139. The van der Waals surface area contributed by atoms with Crippen molar-refractivity contribution in [1.82, 2.24) is 10.2 Å². The number of hydrogen-bond donors (Lipinski definition) is 1. The second-order valence-corrected chi connectivity index (χ2v) is 12.5. The van der Waals surface area contributed by atoms with Gasteiger partial charge in [-0.2, -0.15) is 0 Å². The third kappa shape index (κ3) is 8.88. The van der Waals surface area contributed by atoms with Crippen molar-refractivity contribution in [2.45, 2.75) is 78.3 Å². The third-order valence-electron chi connectivity index (χ3n) is 6.57. The summed E-state index contributed by atoms with van der Waals surface area (Å²) in [5, 5.41) is 2.98. The molecule has 2 aromatic carbocycles. The van der Waals surface area contributed by atoms with Gasteiger partial charge in [-0.3, -0.25) is 13.9 Å². The minimum Gasteiger partial charge on any atom is -0.352 e. The Labute approximate surface area is 223 Å². The lowest BCUT2D eigenvalue weighted by atomic mass is 9.87. The molecule has 37 heavy (non-hydrogen) atoms. The van der Waals surface area contributed by atoms with Crippen LogP contribution in [0.15, 0.2) is 54.6 Å². The van der Waals surface area contributed by atoms with E-state index >= 15 is 0 Å². The van der Waals surface area contributed by atoms with Gasteiger partial charge in [0.25, 0.3) is 0 Å². The Balaban J connectivity index is 2.38. The largest absolute Gasteiger partial charge is 0.352 e. The summed E-state index contributed by atoms with van der Waals surface area (Å²) in [5.74, 6) is -0.633. The molecule has 0 saturated carbocycles. The van der Waals surface area contributed by atoms with Crippen LogP contribution in [0.25, 0.3) is 0 Å². The number of carbonyl (C=O) groups excluding carboxylic acids is 2. The fraction of sp³-hybridized carbons (Fsp3) is 0.517. The predicted octanol–water partition coefficient (Wildman–Crippen LogP) is 4.51. The number of amides is 2. The van der Waals surface area contributed by atoms with Crippen LogP contribution in [0.4, 0.5) is 5.69 Å². The molecule has 0 unspecified atom stereocenters. The molecule has 0 aliphatic carbocycles. The van der Waals surface area contributed by atoms with E-state index in [-0.39, 0.29) is 23.9 Å². The highest BCUT2D eigenvalue weighted by Gasteiger charge is 2.32. The van der Waals surface area contributed by atoms with Gasteiger partial charge in [-0.15, -0.1) is 0 Å². The zero-order valence-corrected chi connectivity index (χ0v) is 24.1. The van der Waals surface area contributed by atoms with Crippen LogP contribution >= 0.6 is 0 Å². The van der Waals surface area contributed by atoms with Gasteiger partial charge in [0.05, 0.1) is 11.9 Å². The van der Waals surface area contributed by atoms with Crippen molar-refractivity contribution in [3.05, 3.63) is 65.7 Å². The molecule has 0 bridgehead atoms. The number of nitrogens with one attached hydrogen (secondary N) is 1. The van der Waals surface area contributed by atoms with Crippen molar-refractivity contribution in [2.75, 3.05) is 23.7 Å². The first-order valence-electron chi connectivity index (χ1n) is 13.0. The van der Waals surface area contributed by atoms with E-state index in [1.165, 1.54) is 4.90 Å². The van der Waals surface area contributed by atoms with Crippen LogP contribution in [0.3, 0.4) is 0 Å². The smallest absolute Gasteiger partial charge is 0.244 e. The molecule has 2 aromatic rings. The van der Waals surface area contributed by atoms with E-state index in [2.05, 4.69) is 26.1 Å². The fourth-order valence-corrected chi connectivity index (χ4v) is 4.93. The van der Waals surface area contributed by atoms with E-state index < -0.39 is 22.0 Å². The normalized spacial score (nSPS) is 13.5. The first kappa shape index (κ1) is 30.4. The van der Waals surface area contributed by atoms with E-state index in [1.807, 2.05) is 63.2 Å². The molecule has 0 saturated heterocycles. The maximum absolute atomic E-state index is 13.7. The topological polar surface area (TPSA) is 86.8 Å². The van der Waals surface area contributed by atoms with Gasteiger partial charge in [0.2, 0.25) is 21.8 Å². The summed E-state index contributed by atoms with van der Waals surface area (Å²) in [4.78, 5) is 28.4. The minimum absolute atomic E-state index is 0.0264. The number of anilines is 1. The quantitative estimate of drug-likeness (QED) is 0.438. The predicted molar refractivity (Wildman–Crippen MR) is 151 cm³/mol. The summed E-state index contributed by atoms with van der Waals surface area (Å²) in [6.07, 6.45) is 2.84. The molecule has 0 spiro atoms. The summed E-state index contributed by atoms with van der Waals surface area (Å²) in [6.45, 7) is 11.9. The van der Waals surface area contributed by atoms with Gasteiger partial charge in [0.15, 0.2) is 0 Å². The number of nitrogens with zero attached hydrogens (tertiary/aromatic N) is 2. The zero-order valence-electron chi connectivity index (χ0n) is 23.3. The zero-order chi connectivity index (χ0) is 27.8. The third-order valence-corrected chi connectivity index (χ3v) is 7.71. The van der Waals surface area contributed by atoms with Crippen molar-refractivity contribution in [3.8, 4) is 0 Å². The Morgan fingerprint density at radius 1 is 0.946 bits per heavy atom. The molecule has 0 aromatic heterocycles. The van der Waals surface area contributed by atoms with Crippen LogP contribution in [0.1, 0.15) is 65.5 Å². The molecule has 2 amide bonds. The Morgan fingerprint density at radius 3 is 2.03 bits per heavy atom. The highest BCUT2D eigenvalue weighted by molar-refractivity contribution is 7.92. The summed E-state index contributed by atoms with van der Waals surface area (Å²) < 4.78 is 26.7. The SMILES string of the molecule is CC[C@H](C(=O)N[C@@H](C)CC)N(CCc1ccccc1)C(=O)CN(c1ccc(C(C)(C)C)cc1)S(C)(=O)=O. The number of benzene rings is 2. The molecular formula is C29H43N3O4S. The number of sulfonamides is 1. The lowest BCUT2D eigenvalue weighted by Gasteiger charge is -2.33. The van der Waals surface area contributed by atoms with Crippen LogP contribution in [0.2, 0.25) is 0 Å². The summed E-state index contributed by atoms with van der Waals surface area (Å²) in [7, 11) is -3.75. The van der Waals surface area contributed by atoms with E-state index in [0.29, 0.717) is 25.1 Å². The molecule has 8 heteroatoms. The molecule has 0 aliphatic rings. The van der Waals surface area contributed by atoms with E-state index in [0.717, 1.165) is 28.1 Å². The molecule has 2 rings (SSSR count). The van der Waals surface area contributed by atoms with Crippen molar-refractivity contribution >= 4 is 27.5 Å². The maximum atomic E-state index is 13.7. The first-order valence-corrected chi connectivity index (χ1v) is 14.8. The van der Waals surface area contributed by atoms with Gasteiger partial charge in [-0.1, -0.05) is 77.1 Å². The highest BCUT2D eigenvalue weighted by atomic mass is 32.2. The molecule has 1 N–H and O–H groups in total. The van der Waals surface area contributed by atoms with Crippen LogP contribution in [-0.2, 0) is 31.4 Å². The molecule has 0 aliphatic heterocycles. The summed E-state index contributed by atoms with van der Waals surface area (Å²) in [5.41, 5.74) is 2.43. The molecule has 2 atom stereocenters. The standard InChI is InChI=1S/C29H43N3O4S/c1-8-22(3)30-28(34)26(9-2)31(20-19-23-13-11-10-12-14-23)27(33)21-32(37(7,35)36)25-17-15-24(16-18-25)29(4,5)6/h10-18,22,26H,8-9,19-21H2,1-7H3,(H,30,34)/t22-,26+/m0/s1. The monoisotopic (exact) mass is 529 g/mol. The lowest BCUT2D eigenvalue weighted by Crippen LogP contribution is -2.54. The molecule has 0 radical (unpaired) electrons. The minimum atomic E-state index is -3.75. The Morgan fingerprint density at radius 2 is 1.54 bits per heavy atom. The second-order valence-electron chi connectivity index (χ2n) is 10.6. The van der Waals surface area contributed by atoms with Crippen LogP contribution in [-0.4, -0.2) is 56.6 Å². The first-order chi connectivity index (χ1) is 17.3. The number of hydrogen-bond acceptors (Lipinski definition) is 4. The highest BCUT2D eigenvalue weighted by Crippen LogP contribution is 2.26. The van der Waals surface area contributed by atoms with E-state index in [9.17, 15) is 18.0 Å². The Hall–Kier alpha value is -2.87. The molecule has 0 fully saturated rings. The van der Waals surface area contributed by atoms with Gasteiger partial charge in [-0.05, 0) is 54.9 Å².